The highest BCUT2D eigenvalue weighted by Gasteiger charge is 2.35. The Morgan fingerprint density at radius 2 is 2.00 bits per heavy atom. The van der Waals surface area contributed by atoms with Gasteiger partial charge in [0, 0.05) is 12.6 Å². The summed E-state index contributed by atoms with van der Waals surface area (Å²) in [6, 6.07) is 4.10. The fourth-order valence-electron chi connectivity index (χ4n) is 1.36. The van der Waals surface area contributed by atoms with Gasteiger partial charge in [0.25, 0.3) is 0 Å². The third-order valence-corrected chi connectivity index (χ3v) is 2.77. The second-order valence-electron chi connectivity index (χ2n) is 4.30. The molecule has 88 valence electrons. The minimum Gasteiger partial charge on any atom is -0.338 e. The van der Waals surface area contributed by atoms with E-state index in [0.717, 1.165) is 0 Å². The van der Waals surface area contributed by atoms with E-state index in [-0.39, 0.29) is 11.9 Å². The second-order valence-corrected chi connectivity index (χ2v) is 4.30. The van der Waals surface area contributed by atoms with Crippen LogP contribution in [0.4, 0.5) is 0 Å². The fourth-order valence-corrected chi connectivity index (χ4v) is 1.36. The van der Waals surface area contributed by atoms with Crippen molar-refractivity contribution in [1.82, 2.24) is 4.90 Å². The molecule has 1 amide bonds. The predicted octanol–water partition coefficient (Wildman–Crippen LogP) is 2.08. The number of amides is 1. The van der Waals surface area contributed by atoms with E-state index in [1.54, 1.807) is 11.8 Å². The van der Waals surface area contributed by atoms with Gasteiger partial charge in [0.05, 0.1) is 18.6 Å². The molecule has 0 aliphatic heterocycles. The van der Waals surface area contributed by atoms with Crippen molar-refractivity contribution in [1.29, 1.82) is 10.5 Å². The molecule has 4 nitrogen and oxygen atoms in total. The number of hydrogen-bond donors (Lipinski definition) is 0. The lowest BCUT2D eigenvalue weighted by molar-refractivity contribution is -0.140. The molecule has 0 aromatic carbocycles. The Hall–Kier alpha value is -1.55. The minimum absolute atomic E-state index is 0.0140. The number of nitrogens with zero attached hydrogens (tertiary/aromatic N) is 3. The zero-order valence-electron chi connectivity index (χ0n) is 10.4. The van der Waals surface area contributed by atoms with Crippen molar-refractivity contribution in [2.75, 3.05) is 6.54 Å². The fraction of sp³-hybridized carbons (Fsp3) is 0.750. The van der Waals surface area contributed by atoms with E-state index in [9.17, 15) is 4.79 Å². The third-order valence-electron chi connectivity index (χ3n) is 2.77. The standard InChI is InChI=1S/C12H19N3O/c1-5-12(4,9-14)11(16)15(10(2)3)8-6-7-13/h10H,5-6,8H2,1-4H3. The summed E-state index contributed by atoms with van der Waals surface area (Å²) in [5, 5.41) is 17.6. The van der Waals surface area contributed by atoms with Gasteiger partial charge in [0.1, 0.15) is 5.41 Å². The Bertz CT molecular complexity index is 324. The molecule has 0 radical (unpaired) electrons. The number of hydrogen-bond acceptors (Lipinski definition) is 3. The minimum atomic E-state index is -0.972. The summed E-state index contributed by atoms with van der Waals surface area (Å²) in [5.74, 6) is -0.178. The van der Waals surface area contributed by atoms with E-state index in [1.165, 1.54) is 0 Å². The molecule has 0 N–H and O–H groups in total. The van der Waals surface area contributed by atoms with Crippen LogP contribution in [0.25, 0.3) is 0 Å². The second kappa shape index (κ2) is 6.12. The van der Waals surface area contributed by atoms with Crippen molar-refractivity contribution >= 4 is 5.91 Å². The number of carbonyl (C=O) groups is 1. The van der Waals surface area contributed by atoms with Crippen molar-refractivity contribution < 1.29 is 4.79 Å². The Kier molecular flexibility index (Phi) is 5.53. The van der Waals surface area contributed by atoms with Crippen LogP contribution in [0.2, 0.25) is 0 Å². The predicted molar refractivity (Wildman–Crippen MR) is 61.1 cm³/mol. The van der Waals surface area contributed by atoms with Gasteiger partial charge in [-0.15, -0.1) is 0 Å². The average molecular weight is 221 g/mol. The van der Waals surface area contributed by atoms with Crippen LogP contribution < -0.4 is 0 Å². The summed E-state index contributed by atoms with van der Waals surface area (Å²) >= 11 is 0. The zero-order chi connectivity index (χ0) is 12.8. The van der Waals surface area contributed by atoms with E-state index < -0.39 is 5.41 Å². The molecule has 0 aromatic rings. The van der Waals surface area contributed by atoms with E-state index in [4.69, 9.17) is 10.5 Å². The molecule has 0 aliphatic rings. The number of nitriles is 2. The van der Waals surface area contributed by atoms with Crippen molar-refractivity contribution in [3.05, 3.63) is 0 Å². The molecule has 0 bridgehead atoms. The van der Waals surface area contributed by atoms with Gasteiger partial charge in [-0.05, 0) is 27.2 Å². The Morgan fingerprint density at radius 1 is 1.44 bits per heavy atom. The van der Waals surface area contributed by atoms with Crippen LogP contribution in [-0.4, -0.2) is 23.4 Å². The molecular weight excluding hydrogens is 202 g/mol. The molecule has 1 unspecified atom stereocenters. The average Bonchev–Trinajstić information content (AvgIpc) is 2.27. The smallest absolute Gasteiger partial charge is 0.243 e. The van der Waals surface area contributed by atoms with Crippen molar-refractivity contribution in [2.24, 2.45) is 5.41 Å². The quantitative estimate of drug-likeness (QED) is 0.713. The molecule has 0 spiro atoms. The summed E-state index contributed by atoms with van der Waals surface area (Å²) < 4.78 is 0. The summed E-state index contributed by atoms with van der Waals surface area (Å²) in [4.78, 5) is 13.8. The Labute approximate surface area is 97.5 Å². The highest BCUT2D eigenvalue weighted by atomic mass is 16.2. The summed E-state index contributed by atoms with van der Waals surface area (Å²) in [6.07, 6.45) is 0.785. The first-order valence-electron chi connectivity index (χ1n) is 5.52. The molecule has 4 heteroatoms. The molecule has 0 heterocycles. The maximum Gasteiger partial charge on any atom is 0.243 e. The van der Waals surface area contributed by atoms with Crippen LogP contribution in [0.15, 0.2) is 0 Å². The van der Waals surface area contributed by atoms with Crippen LogP contribution in [0.1, 0.15) is 40.5 Å². The lowest BCUT2D eigenvalue weighted by Crippen LogP contribution is -2.45. The maximum atomic E-state index is 12.2. The molecule has 0 saturated heterocycles. The van der Waals surface area contributed by atoms with E-state index in [0.29, 0.717) is 19.4 Å². The largest absolute Gasteiger partial charge is 0.338 e. The molecule has 0 aromatic heterocycles. The van der Waals surface area contributed by atoms with Gasteiger partial charge in [-0.1, -0.05) is 6.92 Å². The van der Waals surface area contributed by atoms with Crippen molar-refractivity contribution in [3.63, 3.8) is 0 Å². The van der Waals surface area contributed by atoms with Gasteiger partial charge in [-0.2, -0.15) is 10.5 Å². The molecule has 0 saturated carbocycles. The highest BCUT2D eigenvalue weighted by Crippen LogP contribution is 2.24. The number of carbonyl (C=O) groups excluding carboxylic acids is 1. The van der Waals surface area contributed by atoms with E-state index in [2.05, 4.69) is 6.07 Å². The van der Waals surface area contributed by atoms with Gasteiger partial charge < -0.3 is 4.90 Å². The first-order chi connectivity index (χ1) is 7.42. The maximum absolute atomic E-state index is 12.2. The monoisotopic (exact) mass is 221 g/mol. The van der Waals surface area contributed by atoms with E-state index in [1.807, 2.05) is 26.8 Å². The van der Waals surface area contributed by atoms with Crippen LogP contribution in [0.5, 0.6) is 0 Å². The van der Waals surface area contributed by atoms with Crippen molar-refractivity contribution in [3.8, 4) is 12.1 Å². The topological polar surface area (TPSA) is 67.9 Å². The highest BCUT2D eigenvalue weighted by molar-refractivity contribution is 5.85. The first-order valence-corrected chi connectivity index (χ1v) is 5.52. The first kappa shape index (κ1) is 14.5. The lowest BCUT2D eigenvalue weighted by atomic mass is 9.87. The van der Waals surface area contributed by atoms with Gasteiger partial charge in [0.15, 0.2) is 0 Å². The van der Waals surface area contributed by atoms with Crippen LogP contribution in [0.3, 0.4) is 0 Å². The molecule has 0 rings (SSSR count). The molecule has 1 atom stereocenters. The van der Waals surface area contributed by atoms with Crippen LogP contribution in [0, 0.1) is 28.1 Å². The lowest BCUT2D eigenvalue weighted by Gasteiger charge is -2.32. The van der Waals surface area contributed by atoms with Gasteiger partial charge in [-0.3, -0.25) is 4.79 Å². The van der Waals surface area contributed by atoms with Crippen LogP contribution >= 0.6 is 0 Å². The molecule has 16 heavy (non-hydrogen) atoms. The van der Waals surface area contributed by atoms with Gasteiger partial charge >= 0.3 is 0 Å². The Balaban J connectivity index is 4.89. The normalized spacial score (nSPS) is 13.7. The molecule has 0 fully saturated rings. The summed E-state index contributed by atoms with van der Waals surface area (Å²) in [6.45, 7) is 7.65. The molecular formula is C12H19N3O. The molecule has 0 aliphatic carbocycles. The summed E-state index contributed by atoms with van der Waals surface area (Å²) in [7, 11) is 0. The summed E-state index contributed by atoms with van der Waals surface area (Å²) in [5.41, 5.74) is -0.972. The van der Waals surface area contributed by atoms with Crippen molar-refractivity contribution in [2.45, 2.75) is 46.6 Å². The SMILES string of the molecule is CCC(C)(C#N)C(=O)N(CCC#N)C(C)C. The number of rotatable bonds is 5. The Morgan fingerprint density at radius 3 is 2.31 bits per heavy atom. The zero-order valence-corrected chi connectivity index (χ0v) is 10.4. The van der Waals surface area contributed by atoms with Gasteiger partial charge in [0.2, 0.25) is 5.91 Å². The van der Waals surface area contributed by atoms with Crippen LogP contribution in [-0.2, 0) is 4.79 Å². The van der Waals surface area contributed by atoms with E-state index >= 15 is 0 Å². The third kappa shape index (κ3) is 3.24. The van der Waals surface area contributed by atoms with Gasteiger partial charge in [-0.25, -0.2) is 0 Å².